The highest BCUT2D eigenvalue weighted by Gasteiger charge is 2.11. The number of nitrogens with zero attached hydrogens (tertiary/aromatic N) is 4. The Labute approximate surface area is 213 Å². The topological polar surface area (TPSA) is 81.9 Å². The molecule has 180 valence electrons. The van der Waals surface area contributed by atoms with Crippen molar-refractivity contribution in [2.45, 2.75) is 13.2 Å². The number of imidazole rings is 1. The molecule has 0 saturated carbocycles. The standard InChI is InChI=1S/C30H23N5O2/c36-30(32-18-21-4-3-15-31-17-21)23-8-14-29-28(16-23)33-20-35(29)25-10-12-26(13-11-25)37-19-24-9-7-22-5-1-2-6-27(22)34-24/h1-17,20H,18-19H2,(H,32,36). The fraction of sp³-hybridized carbons (Fsp3) is 0.0667. The second-order valence-corrected chi connectivity index (χ2v) is 8.64. The second kappa shape index (κ2) is 9.91. The van der Waals surface area contributed by atoms with Crippen LogP contribution in [0.4, 0.5) is 0 Å². The maximum Gasteiger partial charge on any atom is 0.251 e. The number of aromatic nitrogens is 4. The second-order valence-electron chi connectivity index (χ2n) is 8.64. The number of pyridine rings is 2. The van der Waals surface area contributed by atoms with Gasteiger partial charge in [0.15, 0.2) is 0 Å². The molecular formula is C30H23N5O2. The van der Waals surface area contributed by atoms with Gasteiger partial charge in [0.2, 0.25) is 0 Å². The van der Waals surface area contributed by atoms with Crippen molar-refractivity contribution in [3.05, 3.63) is 127 Å². The number of fused-ring (bicyclic) bond motifs is 2. The van der Waals surface area contributed by atoms with Crippen LogP contribution < -0.4 is 10.1 Å². The minimum atomic E-state index is -0.150. The SMILES string of the molecule is O=C(NCc1cccnc1)c1ccc2c(c1)ncn2-c1ccc(OCc2ccc3ccccc3n2)cc1. The first-order valence-corrected chi connectivity index (χ1v) is 11.9. The van der Waals surface area contributed by atoms with Gasteiger partial charge in [-0.05, 0) is 66.2 Å². The average molecular weight is 486 g/mol. The quantitative estimate of drug-likeness (QED) is 0.324. The number of hydrogen-bond acceptors (Lipinski definition) is 5. The van der Waals surface area contributed by atoms with E-state index in [0.717, 1.165) is 44.6 Å². The van der Waals surface area contributed by atoms with Crippen LogP contribution in [-0.4, -0.2) is 25.4 Å². The van der Waals surface area contributed by atoms with Gasteiger partial charge in [-0.1, -0.05) is 30.3 Å². The fourth-order valence-corrected chi connectivity index (χ4v) is 4.20. The molecule has 37 heavy (non-hydrogen) atoms. The van der Waals surface area contributed by atoms with Gasteiger partial charge in [-0.3, -0.25) is 14.3 Å². The molecule has 6 rings (SSSR count). The van der Waals surface area contributed by atoms with Crippen LogP contribution in [0.2, 0.25) is 0 Å². The van der Waals surface area contributed by atoms with Gasteiger partial charge in [0.25, 0.3) is 5.91 Å². The Hall–Kier alpha value is -5.04. The van der Waals surface area contributed by atoms with Gasteiger partial charge in [0.05, 0.1) is 22.2 Å². The normalized spacial score (nSPS) is 11.0. The van der Waals surface area contributed by atoms with Crippen molar-refractivity contribution in [2.75, 3.05) is 0 Å². The van der Waals surface area contributed by atoms with Crippen molar-refractivity contribution < 1.29 is 9.53 Å². The monoisotopic (exact) mass is 485 g/mol. The third kappa shape index (κ3) is 4.88. The predicted molar refractivity (Wildman–Crippen MR) is 143 cm³/mol. The first-order chi connectivity index (χ1) is 18.2. The summed E-state index contributed by atoms with van der Waals surface area (Å²) in [5, 5.41) is 4.04. The molecule has 7 heteroatoms. The minimum Gasteiger partial charge on any atom is -0.487 e. The first-order valence-electron chi connectivity index (χ1n) is 11.9. The summed E-state index contributed by atoms with van der Waals surface area (Å²) in [6.45, 7) is 0.814. The van der Waals surface area contributed by atoms with Crippen LogP contribution >= 0.6 is 0 Å². The molecule has 3 aromatic heterocycles. The fourth-order valence-electron chi connectivity index (χ4n) is 4.20. The van der Waals surface area contributed by atoms with E-state index in [2.05, 4.69) is 26.3 Å². The number of benzene rings is 3. The van der Waals surface area contributed by atoms with E-state index in [9.17, 15) is 4.79 Å². The Bertz CT molecular complexity index is 1690. The van der Waals surface area contributed by atoms with Gasteiger partial charge in [-0.15, -0.1) is 0 Å². The molecule has 0 fully saturated rings. The molecule has 0 aliphatic carbocycles. The summed E-state index contributed by atoms with van der Waals surface area (Å²) >= 11 is 0. The number of para-hydroxylation sites is 1. The molecule has 3 aromatic carbocycles. The van der Waals surface area contributed by atoms with Crippen LogP contribution in [0.15, 0.2) is 110 Å². The van der Waals surface area contributed by atoms with E-state index in [-0.39, 0.29) is 5.91 Å². The lowest BCUT2D eigenvalue weighted by Crippen LogP contribution is -2.22. The molecule has 0 bridgehead atoms. The Balaban J connectivity index is 1.13. The number of carbonyl (C=O) groups excluding carboxylic acids is 1. The molecular weight excluding hydrogens is 462 g/mol. The lowest BCUT2D eigenvalue weighted by molar-refractivity contribution is 0.0951. The molecule has 0 aliphatic rings. The summed E-state index contributed by atoms with van der Waals surface area (Å²) in [6.07, 6.45) is 5.21. The Morgan fingerprint density at radius 2 is 1.78 bits per heavy atom. The highest BCUT2D eigenvalue weighted by atomic mass is 16.5. The van der Waals surface area contributed by atoms with Crippen molar-refractivity contribution >= 4 is 27.8 Å². The van der Waals surface area contributed by atoms with Crippen molar-refractivity contribution in [3.8, 4) is 11.4 Å². The van der Waals surface area contributed by atoms with Gasteiger partial charge in [0, 0.05) is 35.6 Å². The largest absolute Gasteiger partial charge is 0.487 e. The molecule has 3 heterocycles. The zero-order valence-corrected chi connectivity index (χ0v) is 19.9. The highest BCUT2D eigenvalue weighted by molar-refractivity contribution is 5.97. The van der Waals surface area contributed by atoms with E-state index in [0.29, 0.717) is 18.7 Å². The van der Waals surface area contributed by atoms with Crippen molar-refractivity contribution in [2.24, 2.45) is 0 Å². The third-order valence-electron chi connectivity index (χ3n) is 6.14. The van der Waals surface area contributed by atoms with Crippen LogP contribution in [0.1, 0.15) is 21.6 Å². The Kier molecular flexibility index (Phi) is 6.01. The Morgan fingerprint density at radius 3 is 2.65 bits per heavy atom. The van der Waals surface area contributed by atoms with Crippen LogP contribution in [0.25, 0.3) is 27.6 Å². The number of rotatable bonds is 7. The van der Waals surface area contributed by atoms with Crippen molar-refractivity contribution in [3.63, 3.8) is 0 Å². The zero-order valence-electron chi connectivity index (χ0n) is 19.9. The summed E-state index contributed by atoms with van der Waals surface area (Å²) in [7, 11) is 0. The number of carbonyl (C=O) groups is 1. The van der Waals surface area contributed by atoms with Crippen LogP contribution in [0, 0.1) is 0 Å². The first kappa shape index (κ1) is 22.4. The number of amides is 1. The molecule has 1 amide bonds. The molecule has 0 aliphatic heterocycles. The van der Waals surface area contributed by atoms with E-state index in [4.69, 9.17) is 4.74 Å². The van der Waals surface area contributed by atoms with E-state index in [1.54, 1.807) is 24.8 Å². The lowest BCUT2D eigenvalue weighted by Gasteiger charge is -2.09. The smallest absolute Gasteiger partial charge is 0.251 e. The molecule has 0 saturated heterocycles. The van der Waals surface area contributed by atoms with Gasteiger partial charge in [-0.2, -0.15) is 0 Å². The summed E-state index contributed by atoms with van der Waals surface area (Å²) in [5.41, 5.74) is 5.96. The van der Waals surface area contributed by atoms with Crippen molar-refractivity contribution in [1.29, 1.82) is 0 Å². The van der Waals surface area contributed by atoms with Gasteiger partial charge in [0.1, 0.15) is 18.7 Å². The highest BCUT2D eigenvalue weighted by Crippen LogP contribution is 2.22. The van der Waals surface area contributed by atoms with E-state index in [1.165, 1.54) is 0 Å². The number of nitrogens with one attached hydrogen (secondary N) is 1. The summed E-state index contributed by atoms with van der Waals surface area (Å²) in [4.78, 5) is 25.9. The molecule has 0 spiro atoms. The van der Waals surface area contributed by atoms with E-state index >= 15 is 0 Å². The summed E-state index contributed by atoms with van der Waals surface area (Å²) in [6, 6.07) is 29.2. The average Bonchev–Trinajstić information content (AvgIpc) is 3.39. The molecule has 6 aromatic rings. The van der Waals surface area contributed by atoms with E-state index in [1.807, 2.05) is 83.4 Å². The number of hydrogen-bond donors (Lipinski definition) is 1. The molecule has 0 radical (unpaired) electrons. The molecule has 7 nitrogen and oxygen atoms in total. The van der Waals surface area contributed by atoms with E-state index < -0.39 is 0 Å². The van der Waals surface area contributed by atoms with Crippen LogP contribution in [0.3, 0.4) is 0 Å². The lowest BCUT2D eigenvalue weighted by atomic mass is 10.1. The predicted octanol–water partition coefficient (Wildman–Crippen LogP) is 5.48. The van der Waals surface area contributed by atoms with Gasteiger partial charge in [-0.25, -0.2) is 9.97 Å². The number of ether oxygens (including phenoxy) is 1. The van der Waals surface area contributed by atoms with Gasteiger partial charge < -0.3 is 10.1 Å². The summed E-state index contributed by atoms with van der Waals surface area (Å²) < 4.78 is 7.95. The summed E-state index contributed by atoms with van der Waals surface area (Å²) in [5.74, 6) is 0.610. The maximum atomic E-state index is 12.6. The van der Waals surface area contributed by atoms with Crippen LogP contribution in [0.5, 0.6) is 5.75 Å². The molecule has 0 unspecified atom stereocenters. The zero-order chi connectivity index (χ0) is 25.0. The van der Waals surface area contributed by atoms with Crippen molar-refractivity contribution in [1.82, 2.24) is 24.8 Å². The maximum absolute atomic E-state index is 12.6. The minimum absolute atomic E-state index is 0.150. The Morgan fingerprint density at radius 1 is 0.892 bits per heavy atom. The molecule has 1 N–H and O–H groups in total. The van der Waals surface area contributed by atoms with Crippen LogP contribution in [-0.2, 0) is 13.2 Å². The third-order valence-corrected chi connectivity index (χ3v) is 6.14. The van der Waals surface area contributed by atoms with Gasteiger partial charge >= 0.3 is 0 Å². The molecule has 0 atom stereocenters.